The first-order valence-corrected chi connectivity index (χ1v) is 9.08. The van der Waals surface area contributed by atoms with Crippen molar-refractivity contribution in [3.63, 3.8) is 0 Å². The highest BCUT2D eigenvalue weighted by molar-refractivity contribution is 6.36. The van der Waals surface area contributed by atoms with Crippen molar-refractivity contribution in [3.8, 4) is 11.5 Å². The number of imide groups is 1. The largest absolute Gasteiger partial charge is 0.454 e. The lowest BCUT2D eigenvalue weighted by atomic mass is 9.92. The van der Waals surface area contributed by atoms with Gasteiger partial charge in [-0.05, 0) is 36.8 Å². The van der Waals surface area contributed by atoms with Crippen molar-refractivity contribution in [1.82, 2.24) is 10.2 Å². The van der Waals surface area contributed by atoms with Crippen molar-refractivity contribution in [3.05, 3.63) is 57.6 Å². The van der Waals surface area contributed by atoms with Crippen LogP contribution in [0, 0.1) is 0 Å². The second kappa shape index (κ2) is 6.62. The molecule has 140 valence electrons. The number of carbonyl (C=O) groups excluding carboxylic acids is 2. The van der Waals surface area contributed by atoms with Gasteiger partial charge in [0.1, 0.15) is 5.54 Å². The van der Waals surface area contributed by atoms with Crippen molar-refractivity contribution >= 4 is 35.1 Å². The number of nitrogens with one attached hydrogen (secondary N) is 1. The fourth-order valence-corrected chi connectivity index (χ4v) is 3.83. The van der Waals surface area contributed by atoms with Gasteiger partial charge in [-0.2, -0.15) is 0 Å². The fourth-order valence-electron chi connectivity index (χ4n) is 3.31. The molecule has 27 heavy (non-hydrogen) atoms. The van der Waals surface area contributed by atoms with Gasteiger partial charge in [0.05, 0.1) is 6.54 Å². The number of ether oxygens (including phenoxy) is 2. The zero-order valence-electron chi connectivity index (χ0n) is 14.4. The molecule has 2 aliphatic heterocycles. The smallest absolute Gasteiger partial charge is 0.325 e. The van der Waals surface area contributed by atoms with Crippen LogP contribution >= 0.6 is 23.2 Å². The van der Waals surface area contributed by atoms with E-state index in [0.717, 1.165) is 10.5 Å². The maximum absolute atomic E-state index is 13.0. The lowest BCUT2D eigenvalue weighted by Gasteiger charge is -2.22. The molecule has 4 rings (SSSR count). The molecule has 2 aromatic rings. The Bertz CT molecular complexity index is 929. The van der Waals surface area contributed by atoms with Crippen LogP contribution in [0.3, 0.4) is 0 Å². The van der Waals surface area contributed by atoms with E-state index in [1.807, 2.05) is 12.1 Å². The maximum atomic E-state index is 13.0. The molecule has 2 heterocycles. The van der Waals surface area contributed by atoms with E-state index in [0.29, 0.717) is 33.5 Å². The molecule has 0 aromatic heterocycles. The zero-order chi connectivity index (χ0) is 19.2. The lowest BCUT2D eigenvalue weighted by Crippen LogP contribution is -2.45. The van der Waals surface area contributed by atoms with Crippen LogP contribution in [0.15, 0.2) is 36.4 Å². The first-order chi connectivity index (χ1) is 12.9. The Morgan fingerprint density at radius 3 is 2.56 bits per heavy atom. The highest BCUT2D eigenvalue weighted by Gasteiger charge is 2.48. The molecule has 1 unspecified atom stereocenters. The van der Waals surface area contributed by atoms with Gasteiger partial charge in [0.25, 0.3) is 5.91 Å². The van der Waals surface area contributed by atoms with Gasteiger partial charge in [0.15, 0.2) is 11.5 Å². The molecule has 0 bridgehead atoms. The summed E-state index contributed by atoms with van der Waals surface area (Å²) in [6.45, 7) is 1.89. The second-order valence-corrected chi connectivity index (χ2v) is 7.53. The van der Waals surface area contributed by atoms with E-state index in [-0.39, 0.29) is 19.2 Å². The Morgan fingerprint density at radius 1 is 1.11 bits per heavy atom. The molecule has 8 heteroatoms. The number of fused-ring (bicyclic) bond motifs is 1. The Hall–Kier alpha value is -2.44. The van der Waals surface area contributed by atoms with Crippen LogP contribution in [0.4, 0.5) is 4.79 Å². The summed E-state index contributed by atoms with van der Waals surface area (Å²) in [6.07, 6.45) is 0.320. The molecule has 2 aromatic carbocycles. The Balaban J connectivity index is 1.56. The maximum Gasteiger partial charge on any atom is 0.325 e. The standard InChI is InChI=1S/C19H16Cl2N2O4/c1-19(8-11-5-6-15-16(7-11)27-10-26-15)17(24)23(18(25)22-19)9-12-13(20)3-2-4-14(12)21/h2-7H,8-10H2,1H3,(H,22,25). The van der Waals surface area contributed by atoms with Crippen molar-refractivity contribution in [2.24, 2.45) is 0 Å². The summed E-state index contributed by atoms with van der Waals surface area (Å²) < 4.78 is 10.7. The van der Waals surface area contributed by atoms with Crippen LogP contribution in [-0.4, -0.2) is 29.2 Å². The minimum absolute atomic E-state index is 0.0138. The monoisotopic (exact) mass is 406 g/mol. The number of carbonyl (C=O) groups is 2. The third kappa shape index (κ3) is 3.19. The number of rotatable bonds is 4. The van der Waals surface area contributed by atoms with Crippen molar-refractivity contribution in [2.45, 2.75) is 25.4 Å². The molecular formula is C19H16Cl2N2O4. The van der Waals surface area contributed by atoms with Gasteiger partial charge in [-0.25, -0.2) is 4.79 Å². The van der Waals surface area contributed by atoms with Gasteiger partial charge >= 0.3 is 6.03 Å². The summed E-state index contributed by atoms with van der Waals surface area (Å²) >= 11 is 12.4. The van der Waals surface area contributed by atoms with Gasteiger partial charge in [0.2, 0.25) is 6.79 Å². The predicted octanol–water partition coefficient (Wildman–Crippen LogP) is 3.78. The zero-order valence-corrected chi connectivity index (χ0v) is 15.9. The summed E-state index contributed by atoms with van der Waals surface area (Å²) in [5.41, 5.74) is 0.322. The summed E-state index contributed by atoms with van der Waals surface area (Å²) in [5, 5.41) is 3.60. The van der Waals surface area contributed by atoms with E-state index in [2.05, 4.69) is 5.32 Å². The van der Waals surface area contributed by atoms with Crippen molar-refractivity contribution < 1.29 is 19.1 Å². The molecule has 0 spiro atoms. The predicted molar refractivity (Wildman–Crippen MR) is 100 cm³/mol. The average molecular weight is 407 g/mol. The fraction of sp³-hybridized carbons (Fsp3) is 0.263. The molecule has 2 aliphatic rings. The molecule has 0 aliphatic carbocycles. The number of halogens is 2. The molecule has 0 radical (unpaired) electrons. The second-order valence-electron chi connectivity index (χ2n) is 6.72. The first kappa shape index (κ1) is 17.9. The third-order valence-corrected chi connectivity index (χ3v) is 5.43. The van der Waals surface area contributed by atoms with E-state index in [4.69, 9.17) is 32.7 Å². The Kier molecular flexibility index (Phi) is 4.40. The van der Waals surface area contributed by atoms with Crippen LogP contribution in [0.2, 0.25) is 10.0 Å². The Morgan fingerprint density at radius 2 is 1.81 bits per heavy atom. The minimum atomic E-state index is -1.07. The summed E-state index contributed by atoms with van der Waals surface area (Å²) in [4.78, 5) is 26.6. The number of benzene rings is 2. The van der Waals surface area contributed by atoms with Gasteiger partial charge in [-0.3, -0.25) is 9.69 Å². The van der Waals surface area contributed by atoms with E-state index in [1.165, 1.54) is 0 Å². The summed E-state index contributed by atoms with van der Waals surface area (Å²) in [6, 6.07) is 10.1. The molecule has 1 fully saturated rings. The van der Waals surface area contributed by atoms with Crippen molar-refractivity contribution in [2.75, 3.05) is 6.79 Å². The van der Waals surface area contributed by atoms with Crippen LogP contribution in [0.5, 0.6) is 11.5 Å². The third-order valence-electron chi connectivity index (χ3n) is 4.72. The Labute approximate surface area is 165 Å². The van der Waals surface area contributed by atoms with Gasteiger partial charge < -0.3 is 14.8 Å². The first-order valence-electron chi connectivity index (χ1n) is 8.33. The minimum Gasteiger partial charge on any atom is -0.454 e. The normalized spacial score (nSPS) is 20.9. The highest BCUT2D eigenvalue weighted by Crippen LogP contribution is 2.35. The molecule has 1 atom stereocenters. The van der Waals surface area contributed by atoms with Gasteiger partial charge in [0, 0.05) is 22.0 Å². The summed E-state index contributed by atoms with van der Waals surface area (Å²) in [5.74, 6) is 0.967. The number of hydrogen-bond donors (Lipinski definition) is 1. The van der Waals surface area contributed by atoms with E-state index in [9.17, 15) is 9.59 Å². The molecular weight excluding hydrogens is 391 g/mol. The van der Waals surface area contributed by atoms with Gasteiger partial charge in [-0.1, -0.05) is 35.3 Å². The molecule has 1 saturated heterocycles. The van der Waals surface area contributed by atoms with E-state index < -0.39 is 11.6 Å². The molecule has 1 N–H and O–H groups in total. The average Bonchev–Trinajstić information content (AvgIpc) is 3.15. The topological polar surface area (TPSA) is 67.9 Å². The van der Waals surface area contributed by atoms with Crippen LogP contribution < -0.4 is 14.8 Å². The number of urea groups is 1. The van der Waals surface area contributed by atoms with Gasteiger partial charge in [-0.15, -0.1) is 0 Å². The van der Waals surface area contributed by atoms with E-state index in [1.54, 1.807) is 31.2 Å². The quantitative estimate of drug-likeness (QED) is 0.784. The van der Waals surface area contributed by atoms with Crippen molar-refractivity contribution in [1.29, 1.82) is 0 Å². The molecule has 0 saturated carbocycles. The number of nitrogens with zero attached hydrogens (tertiary/aromatic N) is 1. The van der Waals surface area contributed by atoms with E-state index >= 15 is 0 Å². The summed E-state index contributed by atoms with van der Waals surface area (Å²) in [7, 11) is 0. The highest BCUT2D eigenvalue weighted by atomic mass is 35.5. The van der Waals surface area contributed by atoms with Crippen LogP contribution in [-0.2, 0) is 17.8 Å². The van der Waals surface area contributed by atoms with Crippen LogP contribution in [0.25, 0.3) is 0 Å². The molecule has 6 nitrogen and oxygen atoms in total. The SMILES string of the molecule is CC1(Cc2ccc3c(c2)OCO3)NC(=O)N(Cc2c(Cl)cccc2Cl)C1=O. The molecule has 3 amide bonds. The van der Waals surface area contributed by atoms with Crippen LogP contribution in [0.1, 0.15) is 18.1 Å². The number of hydrogen-bond acceptors (Lipinski definition) is 4. The lowest BCUT2D eigenvalue weighted by molar-refractivity contribution is -0.131. The number of amides is 3.